The van der Waals surface area contributed by atoms with E-state index in [4.69, 9.17) is 5.84 Å². The fourth-order valence-electron chi connectivity index (χ4n) is 2.52. The minimum Gasteiger partial charge on any atom is -0.335 e. The highest BCUT2D eigenvalue weighted by molar-refractivity contribution is 7.99. The van der Waals surface area contributed by atoms with Gasteiger partial charge in [0.15, 0.2) is 0 Å². The van der Waals surface area contributed by atoms with E-state index >= 15 is 0 Å². The lowest BCUT2D eigenvalue weighted by Crippen LogP contribution is -2.22. The maximum atomic E-state index is 12.7. The van der Waals surface area contributed by atoms with Crippen LogP contribution in [-0.4, -0.2) is 36.3 Å². The summed E-state index contributed by atoms with van der Waals surface area (Å²) < 4.78 is 40.1. The van der Waals surface area contributed by atoms with Crippen LogP contribution in [0.5, 0.6) is 0 Å². The number of amides is 1. The van der Waals surface area contributed by atoms with Crippen molar-refractivity contribution in [1.82, 2.24) is 24.7 Å². The molecule has 0 bridgehead atoms. The zero-order valence-electron chi connectivity index (χ0n) is 14.9. The molecule has 0 aliphatic heterocycles. The van der Waals surface area contributed by atoms with Gasteiger partial charge in [0.1, 0.15) is 0 Å². The molecule has 1 aromatic carbocycles. The molecule has 0 aliphatic rings. The Balaban J connectivity index is 1.70. The summed E-state index contributed by atoms with van der Waals surface area (Å²) in [6, 6.07) is 9.40. The zero-order chi connectivity index (χ0) is 20.5. The van der Waals surface area contributed by atoms with E-state index in [1.807, 2.05) is 37.3 Å². The minimum absolute atomic E-state index is 0.192. The molecule has 3 rings (SSSR count). The van der Waals surface area contributed by atoms with Gasteiger partial charge in [0.2, 0.25) is 11.1 Å². The number of anilines is 1. The van der Waals surface area contributed by atoms with Gasteiger partial charge in [-0.2, -0.15) is 18.3 Å². The number of alkyl halides is 3. The van der Waals surface area contributed by atoms with Crippen LogP contribution < -0.4 is 11.2 Å². The van der Waals surface area contributed by atoms with Crippen LogP contribution in [0.3, 0.4) is 0 Å². The molecule has 8 nitrogen and oxygen atoms in total. The van der Waals surface area contributed by atoms with E-state index in [2.05, 4.69) is 20.6 Å². The Kier molecular flexibility index (Phi) is 5.31. The number of nitrogens with zero attached hydrogens (tertiary/aromatic N) is 5. The molecule has 0 radical (unpaired) electrons. The van der Waals surface area contributed by atoms with Gasteiger partial charge in [-0.3, -0.25) is 4.79 Å². The Hall–Kier alpha value is -3.02. The van der Waals surface area contributed by atoms with Gasteiger partial charge in [-0.15, -0.1) is 10.2 Å². The molecule has 0 aliphatic carbocycles. The highest BCUT2D eigenvalue weighted by Crippen LogP contribution is 2.29. The number of carbonyl (C=O) groups is 1. The molecule has 12 heteroatoms. The number of hydrogen-bond donors (Lipinski definition) is 2. The maximum Gasteiger partial charge on any atom is 0.453 e. The van der Waals surface area contributed by atoms with Crippen molar-refractivity contribution in [2.24, 2.45) is 0 Å². The molecule has 3 aromatic rings. The summed E-state index contributed by atoms with van der Waals surface area (Å²) in [5, 5.41) is 13.3. The lowest BCUT2D eigenvalue weighted by molar-refractivity contribution is -0.146. The van der Waals surface area contributed by atoms with Crippen molar-refractivity contribution >= 4 is 23.4 Å². The van der Waals surface area contributed by atoms with Crippen LogP contribution >= 0.6 is 11.8 Å². The SMILES string of the molecule is Cc1nn(-c2ccccc2)c(C)c1NC(=O)CSc1nnc(C(F)(F)F)n1N. The highest BCUT2D eigenvalue weighted by Gasteiger charge is 2.38. The first kappa shape index (κ1) is 19.7. The molecular formula is C16H16F3N7OS. The number of nitrogens with two attached hydrogens (primary N) is 1. The minimum atomic E-state index is -4.72. The molecule has 3 N–H and O–H groups in total. The Bertz CT molecular complexity index is 998. The number of aryl methyl sites for hydroxylation is 1. The van der Waals surface area contributed by atoms with Gasteiger partial charge in [-0.05, 0) is 26.0 Å². The first-order valence-corrected chi connectivity index (χ1v) is 8.99. The number of para-hydroxylation sites is 1. The predicted molar refractivity (Wildman–Crippen MR) is 97.6 cm³/mol. The third-order valence-corrected chi connectivity index (χ3v) is 4.75. The van der Waals surface area contributed by atoms with Gasteiger partial charge < -0.3 is 11.2 Å². The van der Waals surface area contributed by atoms with Crippen LogP contribution in [0.15, 0.2) is 35.5 Å². The van der Waals surface area contributed by atoms with Crippen molar-refractivity contribution in [3.05, 3.63) is 47.5 Å². The summed E-state index contributed by atoms with van der Waals surface area (Å²) >= 11 is 0.751. The number of aromatic nitrogens is 5. The second-order valence-electron chi connectivity index (χ2n) is 5.80. The van der Waals surface area contributed by atoms with Gasteiger partial charge in [0, 0.05) is 0 Å². The quantitative estimate of drug-likeness (QED) is 0.494. The topological polar surface area (TPSA) is 104 Å². The Labute approximate surface area is 161 Å². The molecule has 0 atom stereocenters. The highest BCUT2D eigenvalue weighted by atomic mass is 32.2. The number of benzene rings is 1. The number of hydrogen-bond acceptors (Lipinski definition) is 6. The number of rotatable bonds is 5. The molecule has 0 spiro atoms. The summed E-state index contributed by atoms with van der Waals surface area (Å²) in [4.78, 5) is 12.3. The van der Waals surface area contributed by atoms with E-state index < -0.39 is 17.9 Å². The van der Waals surface area contributed by atoms with Crippen molar-refractivity contribution in [1.29, 1.82) is 0 Å². The van der Waals surface area contributed by atoms with E-state index in [1.165, 1.54) is 0 Å². The summed E-state index contributed by atoms with van der Waals surface area (Å²) in [6.07, 6.45) is -4.72. The van der Waals surface area contributed by atoms with E-state index in [-0.39, 0.29) is 10.9 Å². The molecule has 0 saturated carbocycles. The number of nitrogens with one attached hydrogen (secondary N) is 1. The summed E-state index contributed by atoms with van der Waals surface area (Å²) in [7, 11) is 0. The normalized spacial score (nSPS) is 11.6. The molecular weight excluding hydrogens is 395 g/mol. The Morgan fingerprint density at radius 3 is 2.50 bits per heavy atom. The zero-order valence-corrected chi connectivity index (χ0v) is 15.7. The van der Waals surface area contributed by atoms with Gasteiger partial charge >= 0.3 is 6.18 Å². The van der Waals surface area contributed by atoms with Crippen LogP contribution in [0.1, 0.15) is 17.2 Å². The standard InChI is InChI=1S/C16H16F3N7OS/c1-9-13(10(2)26(24-9)11-6-4-3-5-7-11)21-12(27)8-28-15-23-22-14(25(15)20)16(17,18)19/h3-7H,8,20H2,1-2H3,(H,21,27). The maximum absolute atomic E-state index is 12.7. The van der Waals surface area contributed by atoms with Gasteiger partial charge in [-0.1, -0.05) is 30.0 Å². The van der Waals surface area contributed by atoms with E-state index in [0.29, 0.717) is 16.1 Å². The third-order valence-electron chi connectivity index (χ3n) is 3.81. The molecule has 148 valence electrons. The summed E-state index contributed by atoms with van der Waals surface area (Å²) in [6.45, 7) is 3.56. The predicted octanol–water partition coefficient (Wildman–Crippen LogP) is 2.54. The average molecular weight is 411 g/mol. The van der Waals surface area contributed by atoms with Gasteiger partial charge in [0.25, 0.3) is 5.82 Å². The van der Waals surface area contributed by atoms with Crippen LogP contribution in [0.4, 0.5) is 18.9 Å². The van der Waals surface area contributed by atoms with E-state index in [9.17, 15) is 18.0 Å². The van der Waals surface area contributed by atoms with E-state index in [0.717, 1.165) is 23.1 Å². The summed E-state index contributed by atoms with van der Waals surface area (Å²) in [5.41, 5.74) is 2.72. The number of carbonyl (C=O) groups excluding carboxylic acids is 1. The monoisotopic (exact) mass is 411 g/mol. The number of halogens is 3. The van der Waals surface area contributed by atoms with Crippen LogP contribution in [-0.2, 0) is 11.0 Å². The van der Waals surface area contributed by atoms with E-state index in [1.54, 1.807) is 11.6 Å². The van der Waals surface area contributed by atoms with Gasteiger partial charge in [0.05, 0.1) is 28.5 Å². The van der Waals surface area contributed by atoms with Crippen molar-refractivity contribution in [3.8, 4) is 5.69 Å². The fraction of sp³-hybridized carbons (Fsp3) is 0.250. The summed E-state index contributed by atoms with van der Waals surface area (Å²) in [5.74, 6) is 3.40. The first-order chi connectivity index (χ1) is 13.2. The smallest absolute Gasteiger partial charge is 0.335 e. The largest absolute Gasteiger partial charge is 0.453 e. The fourth-order valence-corrected chi connectivity index (χ4v) is 3.18. The van der Waals surface area contributed by atoms with Crippen LogP contribution in [0, 0.1) is 13.8 Å². The lowest BCUT2D eigenvalue weighted by atomic mass is 10.3. The number of thioether (sulfide) groups is 1. The van der Waals surface area contributed by atoms with Crippen LogP contribution in [0.2, 0.25) is 0 Å². The Morgan fingerprint density at radius 2 is 1.89 bits per heavy atom. The van der Waals surface area contributed by atoms with Gasteiger partial charge in [-0.25, -0.2) is 9.36 Å². The Morgan fingerprint density at radius 1 is 1.21 bits per heavy atom. The molecule has 28 heavy (non-hydrogen) atoms. The van der Waals surface area contributed by atoms with Crippen molar-refractivity contribution in [2.75, 3.05) is 16.9 Å². The number of nitrogen functional groups attached to an aromatic ring is 1. The second kappa shape index (κ2) is 7.54. The molecule has 0 saturated heterocycles. The van der Waals surface area contributed by atoms with Crippen molar-refractivity contribution in [2.45, 2.75) is 25.2 Å². The van der Waals surface area contributed by atoms with Crippen LogP contribution in [0.25, 0.3) is 5.69 Å². The molecule has 2 aromatic heterocycles. The van der Waals surface area contributed by atoms with Crippen molar-refractivity contribution < 1.29 is 18.0 Å². The molecule has 2 heterocycles. The molecule has 0 unspecified atom stereocenters. The lowest BCUT2D eigenvalue weighted by Gasteiger charge is -2.08. The third kappa shape index (κ3) is 3.96. The molecule has 0 fully saturated rings. The molecule has 1 amide bonds. The average Bonchev–Trinajstić information content (AvgIpc) is 3.15. The second-order valence-corrected chi connectivity index (χ2v) is 6.75. The first-order valence-electron chi connectivity index (χ1n) is 8.00. The van der Waals surface area contributed by atoms with Crippen molar-refractivity contribution in [3.63, 3.8) is 0 Å².